The summed E-state index contributed by atoms with van der Waals surface area (Å²) >= 11 is 6.41. The van der Waals surface area contributed by atoms with Crippen LogP contribution < -0.4 is 15.7 Å². The van der Waals surface area contributed by atoms with Crippen molar-refractivity contribution in [1.29, 1.82) is 0 Å². The standard InChI is InChI=1S/C26H30ClN5O4Si/c1-37(17-9-4-2-5-10-17,18-11-6-3-7-12-18)14-8-13-28-23-20-24(30-16-29-23)32(26(27)31-20)25-22(35)21(34)19(15-33)36-25/h2-7,9-12,16,19,21-22,25,33-35H,8,13-15H2,1H3,(H,28,29,30). The van der Waals surface area contributed by atoms with Crippen LogP contribution in [-0.4, -0.2) is 74.4 Å². The quantitative estimate of drug-likeness (QED) is 0.144. The second kappa shape index (κ2) is 10.9. The fourth-order valence-corrected chi connectivity index (χ4v) is 8.96. The highest BCUT2D eigenvalue weighted by molar-refractivity contribution is 7.01. The average Bonchev–Trinajstić information content (AvgIpc) is 3.42. The molecule has 1 fully saturated rings. The van der Waals surface area contributed by atoms with Gasteiger partial charge in [0.05, 0.1) is 6.61 Å². The molecule has 194 valence electrons. The van der Waals surface area contributed by atoms with Gasteiger partial charge in [0, 0.05) is 6.54 Å². The number of aromatic nitrogens is 4. The maximum atomic E-state index is 10.5. The molecule has 0 spiro atoms. The molecule has 1 saturated heterocycles. The minimum Gasteiger partial charge on any atom is -0.394 e. The largest absolute Gasteiger partial charge is 0.394 e. The van der Waals surface area contributed by atoms with E-state index in [1.165, 1.54) is 21.3 Å². The molecular formula is C26H30ClN5O4Si. The lowest BCUT2D eigenvalue weighted by Gasteiger charge is -2.29. The summed E-state index contributed by atoms with van der Waals surface area (Å²) < 4.78 is 7.06. The van der Waals surface area contributed by atoms with Crippen LogP contribution in [0.15, 0.2) is 67.0 Å². The zero-order chi connectivity index (χ0) is 26.0. The van der Waals surface area contributed by atoms with Crippen LogP contribution in [0.4, 0.5) is 5.82 Å². The van der Waals surface area contributed by atoms with E-state index in [1.54, 1.807) is 0 Å². The first-order valence-corrected chi connectivity index (χ1v) is 15.4. The lowest BCUT2D eigenvalue weighted by atomic mass is 10.1. The third kappa shape index (κ3) is 4.88. The Morgan fingerprint density at radius 2 is 1.65 bits per heavy atom. The van der Waals surface area contributed by atoms with Gasteiger partial charge in [-0.1, -0.05) is 77.6 Å². The fourth-order valence-electron chi connectivity index (χ4n) is 5.05. The molecule has 4 atom stereocenters. The molecule has 0 bridgehead atoms. The second-order valence-electron chi connectivity index (χ2n) is 9.47. The lowest BCUT2D eigenvalue weighted by molar-refractivity contribution is -0.0509. The van der Waals surface area contributed by atoms with E-state index in [1.807, 2.05) is 0 Å². The van der Waals surface area contributed by atoms with E-state index in [2.05, 4.69) is 87.5 Å². The van der Waals surface area contributed by atoms with Gasteiger partial charge in [-0.15, -0.1) is 0 Å². The van der Waals surface area contributed by atoms with Gasteiger partial charge >= 0.3 is 0 Å². The van der Waals surface area contributed by atoms with Crippen molar-refractivity contribution in [1.82, 2.24) is 19.5 Å². The number of nitrogens with zero attached hydrogens (tertiary/aromatic N) is 4. The number of fused-ring (bicyclic) bond motifs is 1. The van der Waals surface area contributed by atoms with Gasteiger partial charge in [0.2, 0.25) is 5.28 Å². The van der Waals surface area contributed by atoms with Crippen LogP contribution in [-0.2, 0) is 4.74 Å². The van der Waals surface area contributed by atoms with Crippen molar-refractivity contribution < 1.29 is 20.1 Å². The number of anilines is 1. The van der Waals surface area contributed by atoms with Crippen LogP contribution in [0.5, 0.6) is 0 Å². The molecule has 2 aromatic heterocycles. The zero-order valence-corrected chi connectivity index (χ0v) is 22.2. The Balaban J connectivity index is 1.33. The Hall–Kier alpha value is -2.86. The molecule has 2 aromatic carbocycles. The van der Waals surface area contributed by atoms with E-state index in [-0.39, 0.29) is 5.28 Å². The van der Waals surface area contributed by atoms with Gasteiger partial charge in [-0.3, -0.25) is 4.57 Å². The molecule has 37 heavy (non-hydrogen) atoms. The Bertz CT molecular complexity index is 1300. The Morgan fingerprint density at radius 3 is 2.24 bits per heavy atom. The SMILES string of the molecule is C[Si](CCCNc1ncnc2c1nc(Cl)n2C1OC(CO)C(O)C1O)(c1ccccc1)c1ccccc1. The summed E-state index contributed by atoms with van der Waals surface area (Å²) in [5.74, 6) is 0.528. The van der Waals surface area contributed by atoms with E-state index in [9.17, 15) is 15.3 Å². The van der Waals surface area contributed by atoms with Gasteiger partial charge < -0.3 is 25.4 Å². The molecule has 4 aromatic rings. The lowest BCUT2D eigenvalue weighted by Crippen LogP contribution is -2.55. The first-order valence-electron chi connectivity index (χ1n) is 12.3. The average molecular weight is 540 g/mol. The summed E-state index contributed by atoms with van der Waals surface area (Å²) in [4.78, 5) is 13.1. The van der Waals surface area contributed by atoms with Crippen LogP contribution in [0.2, 0.25) is 17.9 Å². The number of halogens is 1. The third-order valence-electron chi connectivity index (χ3n) is 7.17. The molecule has 4 N–H and O–H groups in total. The topological polar surface area (TPSA) is 126 Å². The summed E-state index contributed by atoms with van der Waals surface area (Å²) in [6.45, 7) is 2.64. The van der Waals surface area contributed by atoms with Crippen molar-refractivity contribution in [2.24, 2.45) is 0 Å². The number of nitrogens with one attached hydrogen (secondary N) is 1. The monoisotopic (exact) mass is 539 g/mol. The van der Waals surface area contributed by atoms with Gasteiger partial charge in [-0.25, -0.2) is 15.0 Å². The summed E-state index contributed by atoms with van der Waals surface area (Å²) in [6, 6.07) is 22.5. The van der Waals surface area contributed by atoms with Crippen molar-refractivity contribution in [3.63, 3.8) is 0 Å². The van der Waals surface area contributed by atoms with Crippen LogP contribution in [0.25, 0.3) is 11.2 Å². The fraction of sp³-hybridized carbons (Fsp3) is 0.346. The minimum absolute atomic E-state index is 0.0431. The first-order chi connectivity index (χ1) is 17.9. The number of benzene rings is 2. The number of imidazole rings is 1. The number of aliphatic hydroxyl groups is 3. The van der Waals surface area contributed by atoms with E-state index in [4.69, 9.17) is 16.3 Å². The summed E-state index contributed by atoms with van der Waals surface area (Å²) in [5, 5.41) is 36.3. The molecule has 5 rings (SSSR count). The summed E-state index contributed by atoms with van der Waals surface area (Å²) in [7, 11) is -1.94. The van der Waals surface area contributed by atoms with E-state index in [0.717, 1.165) is 12.5 Å². The van der Waals surface area contributed by atoms with E-state index >= 15 is 0 Å². The molecule has 0 amide bonds. The van der Waals surface area contributed by atoms with Gasteiger partial charge in [-0.2, -0.15) is 0 Å². The molecule has 9 nitrogen and oxygen atoms in total. The zero-order valence-electron chi connectivity index (χ0n) is 20.4. The number of ether oxygens (including phenoxy) is 1. The number of aliphatic hydroxyl groups excluding tert-OH is 3. The van der Waals surface area contributed by atoms with Gasteiger partial charge in [0.1, 0.15) is 32.7 Å². The number of hydrogen-bond acceptors (Lipinski definition) is 8. The Morgan fingerprint density at radius 1 is 1.00 bits per heavy atom. The van der Waals surface area contributed by atoms with Gasteiger partial charge in [0.25, 0.3) is 0 Å². The van der Waals surface area contributed by atoms with Crippen LogP contribution >= 0.6 is 11.6 Å². The van der Waals surface area contributed by atoms with Crippen molar-refractivity contribution in [2.75, 3.05) is 18.5 Å². The summed E-state index contributed by atoms with van der Waals surface area (Å²) in [6.07, 6.45) is -2.20. The molecule has 0 radical (unpaired) electrons. The molecule has 0 aliphatic carbocycles. The Kier molecular flexibility index (Phi) is 7.56. The predicted octanol–water partition coefficient (Wildman–Crippen LogP) is 1.79. The number of rotatable bonds is 9. The van der Waals surface area contributed by atoms with Gasteiger partial charge in [-0.05, 0) is 24.1 Å². The number of hydrogen-bond donors (Lipinski definition) is 4. The third-order valence-corrected chi connectivity index (χ3v) is 12.0. The van der Waals surface area contributed by atoms with E-state index < -0.39 is 39.2 Å². The predicted molar refractivity (Wildman–Crippen MR) is 145 cm³/mol. The summed E-state index contributed by atoms with van der Waals surface area (Å²) in [5.41, 5.74) is 0.807. The van der Waals surface area contributed by atoms with E-state index in [0.29, 0.717) is 23.5 Å². The van der Waals surface area contributed by atoms with Crippen molar-refractivity contribution >= 4 is 47.0 Å². The second-order valence-corrected chi connectivity index (χ2v) is 14.1. The molecule has 1 aliphatic rings. The molecule has 0 saturated carbocycles. The van der Waals surface area contributed by atoms with Crippen LogP contribution in [0.3, 0.4) is 0 Å². The first kappa shape index (κ1) is 25.8. The normalized spacial score (nSPS) is 22.0. The van der Waals surface area contributed by atoms with Crippen LogP contribution in [0.1, 0.15) is 12.6 Å². The molecule has 4 unspecified atom stereocenters. The highest BCUT2D eigenvalue weighted by Crippen LogP contribution is 2.35. The van der Waals surface area contributed by atoms with Crippen molar-refractivity contribution in [3.8, 4) is 0 Å². The minimum atomic E-state index is -1.94. The molecule has 1 aliphatic heterocycles. The Labute approximate surface area is 220 Å². The maximum absolute atomic E-state index is 10.5. The highest BCUT2D eigenvalue weighted by atomic mass is 35.5. The van der Waals surface area contributed by atoms with Crippen LogP contribution in [0, 0.1) is 0 Å². The molecular weight excluding hydrogens is 510 g/mol. The van der Waals surface area contributed by atoms with Crippen molar-refractivity contribution in [2.45, 2.75) is 43.6 Å². The van der Waals surface area contributed by atoms with Gasteiger partial charge in [0.15, 0.2) is 23.2 Å². The molecule has 11 heteroatoms. The highest BCUT2D eigenvalue weighted by Gasteiger charge is 2.45. The van der Waals surface area contributed by atoms with Crippen molar-refractivity contribution in [3.05, 3.63) is 72.3 Å². The molecule has 3 heterocycles. The smallest absolute Gasteiger partial charge is 0.207 e. The maximum Gasteiger partial charge on any atom is 0.207 e.